The molecule has 0 unspecified atom stereocenters. The van der Waals surface area contributed by atoms with Crippen LogP contribution < -0.4 is 0 Å². The van der Waals surface area contributed by atoms with Gasteiger partial charge in [-0.2, -0.15) is 5.26 Å². The van der Waals surface area contributed by atoms with Gasteiger partial charge in [-0.15, -0.1) is 0 Å². The molecule has 1 aromatic carbocycles. The molecule has 0 radical (unpaired) electrons. The van der Waals surface area contributed by atoms with Gasteiger partial charge < -0.3 is 4.98 Å². The molecule has 0 saturated heterocycles. The van der Waals surface area contributed by atoms with Crippen molar-refractivity contribution in [2.24, 2.45) is 0 Å². The van der Waals surface area contributed by atoms with Crippen molar-refractivity contribution >= 4 is 23.2 Å². The highest BCUT2D eigenvalue weighted by atomic mass is 35.5. The van der Waals surface area contributed by atoms with E-state index in [4.69, 9.17) is 28.5 Å². The van der Waals surface area contributed by atoms with Gasteiger partial charge in [0.15, 0.2) is 0 Å². The summed E-state index contributed by atoms with van der Waals surface area (Å²) in [7, 11) is 0. The third-order valence-electron chi connectivity index (χ3n) is 2.35. The van der Waals surface area contributed by atoms with E-state index in [1.54, 1.807) is 0 Å². The molecule has 0 aliphatic rings. The van der Waals surface area contributed by atoms with Gasteiger partial charge in [0.25, 0.3) is 0 Å². The zero-order valence-electron chi connectivity index (χ0n) is 8.51. The van der Waals surface area contributed by atoms with Crippen molar-refractivity contribution in [3.05, 3.63) is 45.6 Å². The highest BCUT2D eigenvalue weighted by Crippen LogP contribution is 2.33. The summed E-state index contributed by atoms with van der Waals surface area (Å²) in [5, 5.41) is 9.59. The molecule has 0 fully saturated rings. The van der Waals surface area contributed by atoms with Gasteiger partial charge in [0.1, 0.15) is 11.2 Å². The number of aromatic nitrogens is 1. The van der Waals surface area contributed by atoms with Crippen LogP contribution in [0.1, 0.15) is 11.1 Å². The van der Waals surface area contributed by atoms with E-state index >= 15 is 0 Å². The SMILES string of the molecule is Cc1ccc(-c2[nH]c(Cl)c(Cl)c2C#N)cc1. The zero-order chi connectivity index (χ0) is 11.7. The maximum absolute atomic E-state index is 9.02. The van der Waals surface area contributed by atoms with Gasteiger partial charge >= 0.3 is 0 Å². The quantitative estimate of drug-likeness (QED) is 0.811. The second kappa shape index (κ2) is 4.21. The summed E-state index contributed by atoms with van der Waals surface area (Å²) < 4.78 is 0. The van der Waals surface area contributed by atoms with Crippen molar-refractivity contribution in [3.63, 3.8) is 0 Å². The van der Waals surface area contributed by atoms with Crippen molar-refractivity contribution in [1.29, 1.82) is 5.26 Å². The zero-order valence-corrected chi connectivity index (χ0v) is 10.0. The Morgan fingerprint density at radius 3 is 2.38 bits per heavy atom. The highest BCUT2D eigenvalue weighted by molar-refractivity contribution is 6.42. The molecular weight excluding hydrogens is 243 g/mol. The van der Waals surface area contributed by atoms with E-state index in [1.807, 2.05) is 31.2 Å². The molecule has 0 saturated carbocycles. The van der Waals surface area contributed by atoms with Crippen molar-refractivity contribution in [2.75, 3.05) is 0 Å². The van der Waals surface area contributed by atoms with Crippen molar-refractivity contribution in [1.82, 2.24) is 4.98 Å². The summed E-state index contributed by atoms with van der Waals surface area (Å²) in [5.41, 5.74) is 3.11. The fourth-order valence-electron chi connectivity index (χ4n) is 1.49. The van der Waals surface area contributed by atoms with Crippen LogP contribution in [0, 0.1) is 18.3 Å². The van der Waals surface area contributed by atoms with Crippen molar-refractivity contribution in [2.45, 2.75) is 6.92 Å². The van der Waals surface area contributed by atoms with Gasteiger partial charge in [-0.3, -0.25) is 0 Å². The van der Waals surface area contributed by atoms with Gasteiger partial charge in [0, 0.05) is 0 Å². The number of benzene rings is 1. The van der Waals surface area contributed by atoms with Gasteiger partial charge in [0.05, 0.1) is 16.3 Å². The fourth-order valence-corrected chi connectivity index (χ4v) is 1.86. The first kappa shape index (κ1) is 11.1. The van der Waals surface area contributed by atoms with E-state index in [-0.39, 0.29) is 5.02 Å². The summed E-state index contributed by atoms with van der Waals surface area (Å²) in [6.45, 7) is 2.00. The van der Waals surface area contributed by atoms with Crippen LogP contribution in [-0.2, 0) is 0 Å². The fraction of sp³-hybridized carbons (Fsp3) is 0.0833. The molecule has 80 valence electrons. The molecule has 0 aliphatic carbocycles. The number of nitrogens with one attached hydrogen (secondary N) is 1. The summed E-state index contributed by atoms with van der Waals surface area (Å²) in [6, 6.07) is 9.84. The Balaban J connectivity index is 2.61. The summed E-state index contributed by atoms with van der Waals surface area (Å²) >= 11 is 11.8. The van der Waals surface area contributed by atoms with Gasteiger partial charge in [0.2, 0.25) is 0 Å². The average molecular weight is 251 g/mol. The smallest absolute Gasteiger partial charge is 0.127 e. The van der Waals surface area contributed by atoms with Crippen LogP contribution in [-0.4, -0.2) is 4.98 Å². The minimum absolute atomic E-state index is 0.278. The summed E-state index contributed by atoms with van der Waals surface area (Å²) in [6.07, 6.45) is 0. The molecule has 1 aromatic heterocycles. The summed E-state index contributed by atoms with van der Waals surface area (Å²) in [4.78, 5) is 2.91. The number of hydrogen-bond donors (Lipinski definition) is 1. The Morgan fingerprint density at radius 1 is 1.19 bits per heavy atom. The monoisotopic (exact) mass is 250 g/mol. The lowest BCUT2D eigenvalue weighted by atomic mass is 10.1. The second-order valence-corrected chi connectivity index (χ2v) is 4.24. The minimum atomic E-state index is 0.278. The first-order valence-electron chi connectivity index (χ1n) is 4.67. The molecule has 0 atom stereocenters. The maximum atomic E-state index is 9.02. The van der Waals surface area contributed by atoms with E-state index < -0.39 is 0 Å². The second-order valence-electron chi connectivity index (χ2n) is 3.48. The largest absolute Gasteiger partial charge is 0.343 e. The molecule has 2 rings (SSSR count). The van der Waals surface area contributed by atoms with Crippen LogP contribution in [0.25, 0.3) is 11.3 Å². The highest BCUT2D eigenvalue weighted by Gasteiger charge is 2.15. The van der Waals surface area contributed by atoms with Gasteiger partial charge in [-0.05, 0) is 12.5 Å². The van der Waals surface area contributed by atoms with Crippen LogP contribution in [0.3, 0.4) is 0 Å². The van der Waals surface area contributed by atoms with Crippen molar-refractivity contribution in [3.8, 4) is 17.3 Å². The molecule has 2 aromatic rings. The minimum Gasteiger partial charge on any atom is -0.343 e. The molecule has 0 bridgehead atoms. The topological polar surface area (TPSA) is 39.6 Å². The lowest BCUT2D eigenvalue weighted by Crippen LogP contribution is -1.82. The Hall–Kier alpha value is -1.43. The van der Waals surface area contributed by atoms with Gasteiger partial charge in [-0.25, -0.2) is 0 Å². The number of aryl methyl sites for hydroxylation is 1. The molecular formula is C12H8Cl2N2. The van der Waals surface area contributed by atoms with E-state index in [0.717, 1.165) is 11.1 Å². The molecule has 0 aliphatic heterocycles. The average Bonchev–Trinajstić information content (AvgIpc) is 2.56. The Kier molecular flexibility index (Phi) is 2.91. The molecule has 2 nitrogen and oxygen atoms in total. The molecule has 4 heteroatoms. The predicted octanol–water partition coefficient (Wildman–Crippen LogP) is 4.17. The molecule has 1 N–H and O–H groups in total. The normalized spacial score (nSPS) is 10.1. The van der Waals surface area contributed by atoms with Crippen molar-refractivity contribution < 1.29 is 0 Å². The predicted molar refractivity (Wildman–Crippen MR) is 65.7 cm³/mol. The number of halogens is 2. The van der Waals surface area contributed by atoms with Crippen LogP contribution >= 0.6 is 23.2 Å². The lowest BCUT2D eigenvalue weighted by molar-refractivity contribution is 1.38. The van der Waals surface area contributed by atoms with Crippen LogP contribution in [0.4, 0.5) is 0 Å². The first-order chi connectivity index (χ1) is 7.63. The maximum Gasteiger partial charge on any atom is 0.127 e. The Labute approximate surface area is 103 Å². The third kappa shape index (κ3) is 1.80. The van der Waals surface area contributed by atoms with E-state index in [2.05, 4.69) is 11.1 Å². The third-order valence-corrected chi connectivity index (χ3v) is 3.11. The Bertz CT molecular complexity index is 562. The van der Waals surface area contributed by atoms with E-state index in [0.29, 0.717) is 16.4 Å². The number of nitrogens with zero attached hydrogens (tertiary/aromatic N) is 1. The first-order valence-corrected chi connectivity index (χ1v) is 5.43. The number of nitriles is 1. The molecule has 0 amide bonds. The standard InChI is InChI=1S/C12H8Cl2N2/c1-7-2-4-8(5-3-7)11-9(6-15)10(13)12(14)16-11/h2-5,16H,1H3. The van der Waals surface area contributed by atoms with E-state index in [1.165, 1.54) is 0 Å². The van der Waals surface area contributed by atoms with Gasteiger partial charge in [-0.1, -0.05) is 53.0 Å². The van der Waals surface area contributed by atoms with Crippen LogP contribution in [0.5, 0.6) is 0 Å². The Morgan fingerprint density at radius 2 is 1.81 bits per heavy atom. The summed E-state index contributed by atoms with van der Waals surface area (Å²) in [5.74, 6) is 0. The molecule has 16 heavy (non-hydrogen) atoms. The van der Waals surface area contributed by atoms with Crippen LogP contribution in [0.15, 0.2) is 24.3 Å². The lowest BCUT2D eigenvalue weighted by Gasteiger charge is -1.99. The molecule has 1 heterocycles. The number of hydrogen-bond acceptors (Lipinski definition) is 1. The number of rotatable bonds is 1. The van der Waals surface area contributed by atoms with Crippen LogP contribution in [0.2, 0.25) is 10.2 Å². The number of aromatic amines is 1. The molecule has 0 spiro atoms. The number of H-pyrrole nitrogens is 1. The van der Waals surface area contributed by atoms with E-state index in [9.17, 15) is 0 Å².